The van der Waals surface area contributed by atoms with E-state index in [1.165, 1.54) is 25.9 Å². The Hall–Kier alpha value is -2.70. The number of aliphatic imine (C=N–C) groups is 1. The van der Waals surface area contributed by atoms with Crippen LogP contribution in [0.3, 0.4) is 0 Å². The lowest BCUT2D eigenvalue weighted by Gasteiger charge is -2.23. The van der Waals surface area contributed by atoms with Gasteiger partial charge in [-0.15, -0.1) is 0 Å². The number of carbonyl (C=O) groups is 1. The average molecular weight is 421 g/mol. The summed E-state index contributed by atoms with van der Waals surface area (Å²) in [6.45, 7) is 5.21. The second-order valence-corrected chi connectivity index (χ2v) is 8.35. The third-order valence-electron chi connectivity index (χ3n) is 6.25. The van der Waals surface area contributed by atoms with Gasteiger partial charge in [-0.25, -0.2) is 0 Å². The summed E-state index contributed by atoms with van der Waals surface area (Å²) < 4.78 is 6.18. The van der Waals surface area contributed by atoms with E-state index in [1.807, 2.05) is 29.2 Å². The van der Waals surface area contributed by atoms with Crippen LogP contribution in [0.15, 0.2) is 58.8 Å². The zero-order valence-corrected chi connectivity index (χ0v) is 18.3. The average Bonchev–Trinajstić information content (AvgIpc) is 3.41. The molecule has 4 rings (SSSR count). The third-order valence-corrected chi connectivity index (χ3v) is 6.25. The van der Waals surface area contributed by atoms with E-state index in [2.05, 4.69) is 22.0 Å². The van der Waals surface area contributed by atoms with Crippen molar-refractivity contribution in [1.82, 2.24) is 9.80 Å². The summed E-state index contributed by atoms with van der Waals surface area (Å²) in [6, 6.07) is 8.14. The van der Waals surface area contributed by atoms with Crippen molar-refractivity contribution in [2.45, 2.75) is 31.9 Å². The second-order valence-electron chi connectivity index (χ2n) is 8.35. The van der Waals surface area contributed by atoms with Crippen LogP contribution in [0.4, 0.5) is 0 Å². The maximum atomic E-state index is 13.2. The predicted octanol–water partition coefficient (Wildman–Crippen LogP) is 2.77. The van der Waals surface area contributed by atoms with Gasteiger partial charge < -0.3 is 20.3 Å². The largest absolute Gasteiger partial charge is 0.404 e. The number of benzene rings is 1. The summed E-state index contributed by atoms with van der Waals surface area (Å²) in [7, 11) is 1.73. The van der Waals surface area contributed by atoms with Crippen molar-refractivity contribution >= 4 is 17.7 Å². The Labute approximate surface area is 184 Å². The first-order valence-corrected chi connectivity index (χ1v) is 11.2. The molecule has 6 nitrogen and oxygen atoms in total. The summed E-state index contributed by atoms with van der Waals surface area (Å²) in [4.78, 5) is 21.6. The molecule has 1 fully saturated rings. The van der Waals surface area contributed by atoms with Gasteiger partial charge in [0.15, 0.2) is 0 Å². The highest BCUT2D eigenvalue weighted by Crippen LogP contribution is 2.31. The maximum absolute atomic E-state index is 13.2. The van der Waals surface area contributed by atoms with Gasteiger partial charge in [-0.3, -0.25) is 9.79 Å². The molecule has 1 amide bonds. The van der Waals surface area contributed by atoms with Gasteiger partial charge in [0.25, 0.3) is 5.91 Å². The number of hydrogen-bond acceptors (Lipinski definition) is 5. The van der Waals surface area contributed by atoms with Gasteiger partial charge in [0, 0.05) is 44.7 Å². The fourth-order valence-electron chi connectivity index (χ4n) is 4.59. The molecule has 3 aliphatic rings. The van der Waals surface area contributed by atoms with Gasteiger partial charge in [0.2, 0.25) is 0 Å². The van der Waals surface area contributed by atoms with E-state index in [1.54, 1.807) is 19.5 Å². The minimum absolute atomic E-state index is 0.107. The molecule has 164 valence electrons. The Morgan fingerprint density at radius 2 is 2.03 bits per heavy atom. The molecule has 0 saturated carbocycles. The number of likely N-dealkylation sites (tertiary alicyclic amines) is 1. The summed E-state index contributed by atoms with van der Waals surface area (Å²) in [5, 5.41) is 0. The van der Waals surface area contributed by atoms with Crippen LogP contribution in [0, 0.1) is 0 Å². The Morgan fingerprint density at radius 3 is 2.74 bits per heavy atom. The van der Waals surface area contributed by atoms with E-state index in [9.17, 15) is 4.79 Å². The van der Waals surface area contributed by atoms with Crippen molar-refractivity contribution < 1.29 is 9.53 Å². The fraction of sp³-hybridized carbons (Fsp3) is 0.440. The van der Waals surface area contributed by atoms with Crippen LogP contribution in [0.1, 0.15) is 30.4 Å². The number of ether oxygens (including phenoxy) is 1. The van der Waals surface area contributed by atoms with Crippen molar-refractivity contribution in [3.8, 4) is 0 Å². The molecule has 31 heavy (non-hydrogen) atoms. The first-order chi connectivity index (χ1) is 15.2. The van der Waals surface area contributed by atoms with Gasteiger partial charge in [0.05, 0.1) is 18.3 Å². The summed E-state index contributed by atoms with van der Waals surface area (Å²) in [5.74, 6) is 0.107. The fourth-order valence-corrected chi connectivity index (χ4v) is 4.59. The van der Waals surface area contributed by atoms with Gasteiger partial charge in [-0.1, -0.05) is 36.4 Å². The number of carbonyl (C=O) groups excluding carboxylic acids is 1. The highest BCUT2D eigenvalue weighted by molar-refractivity contribution is 6.09. The molecule has 0 bridgehead atoms. The Kier molecular flexibility index (Phi) is 6.99. The van der Waals surface area contributed by atoms with Gasteiger partial charge >= 0.3 is 0 Å². The number of amides is 1. The quantitative estimate of drug-likeness (QED) is 0.657. The second kappa shape index (κ2) is 10.1. The molecule has 6 heteroatoms. The number of allylic oxidation sites excluding steroid dienone is 1. The molecule has 1 aromatic carbocycles. The Bertz CT molecular complexity index is 908. The van der Waals surface area contributed by atoms with Crippen molar-refractivity contribution in [2.75, 3.05) is 39.8 Å². The predicted molar refractivity (Wildman–Crippen MR) is 125 cm³/mol. The topological polar surface area (TPSA) is 71.2 Å². The molecule has 1 unspecified atom stereocenters. The van der Waals surface area contributed by atoms with Crippen molar-refractivity contribution in [3.05, 3.63) is 64.9 Å². The van der Waals surface area contributed by atoms with Gasteiger partial charge in [0.1, 0.15) is 0 Å². The van der Waals surface area contributed by atoms with Crippen LogP contribution in [-0.2, 0) is 16.1 Å². The van der Waals surface area contributed by atoms with E-state index >= 15 is 0 Å². The Morgan fingerprint density at radius 1 is 1.26 bits per heavy atom. The van der Waals surface area contributed by atoms with Crippen LogP contribution >= 0.6 is 0 Å². The van der Waals surface area contributed by atoms with E-state index in [4.69, 9.17) is 10.5 Å². The third kappa shape index (κ3) is 4.97. The van der Waals surface area contributed by atoms with Crippen molar-refractivity contribution in [2.24, 2.45) is 10.7 Å². The maximum Gasteiger partial charge on any atom is 0.253 e. The molecule has 1 atom stereocenters. The van der Waals surface area contributed by atoms with Gasteiger partial charge in [-0.2, -0.15) is 0 Å². The Balaban J connectivity index is 1.36. The normalized spacial score (nSPS) is 22.2. The lowest BCUT2D eigenvalue weighted by molar-refractivity contribution is -0.127. The lowest BCUT2D eigenvalue weighted by Crippen LogP contribution is -2.32. The molecule has 1 aromatic rings. The van der Waals surface area contributed by atoms with E-state index in [0.29, 0.717) is 19.7 Å². The molecular formula is C25H32N4O2. The molecule has 2 aliphatic heterocycles. The molecule has 0 aromatic heterocycles. The minimum Gasteiger partial charge on any atom is -0.404 e. The number of rotatable bonds is 8. The van der Waals surface area contributed by atoms with Crippen LogP contribution in [0.5, 0.6) is 0 Å². The van der Waals surface area contributed by atoms with Crippen LogP contribution < -0.4 is 5.73 Å². The van der Waals surface area contributed by atoms with Crippen LogP contribution in [0.25, 0.3) is 5.57 Å². The molecule has 0 radical (unpaired) electrons. The number of hydrogen-bond donors (Lipinski definition) is 1. The van der Waals surface area contributed by atoms with Crippen LogP contribution in [0.2, 0.25) is 0 Å². The zero-order valence-electron chi connectivity index (χ0n) is 18.3. The van der Waals surface area contributed by atoms with Crippen molar-refractivity contribution in [3.63, 3.8) is 0 Å². The first-order valence-electron chi connectivity index (χ1n) is 11.2. The molecule has 0 spiro atoms. The lowest BCUT2D eigenvalue weighted by atomic mass is 9.97. The first kappa shape index (κ1) is 21.5. The minimum atomic E-state index is -0.118. The van der Waals surface area contributed by atoms with Crippen molar-refractivity contribution in [1.29, 1.82) is 0 Å². The SMILES string of the molecule is CN=CC(=CN)c1ccc(CN2CC3=C(C2=O)C(OCCN2CCCC2)CC=C3)cc1. The smallest absolute Gasteiger partial charge is 0.253 e. The monoisotopic (exact) mass is 420 g/mol. The molecular weight excluding hydrogens is 388 g/mol. The van der Waals surface area contributed by atoms with E-state index in [-0.39, 0.29) is 12.0 Å². The molecule has 1 aliphatic carbocycles. The highest BCUT2D eigenvalue weighted by atomic mass is 16.5. The summed E-state index contributed by atoms with van der Waals surface area (Å²) in [6.07, 6.45) is 10.8. The van der Waals surface area contributed by atoms with E-state index < -0.39 is 0 Å². The zero-order chi connectivity index (χ0) is 21.6. The molecule has 2 heterocycles. The van der Waals surface area contributed by atoms with Crippen LogP contribution in [-0.4, -0.2) is 67.9 Å². The summed E-state index contributed by atoms with van der Waals surface area (Å²) in [5.41, 5.74) is 10.6. The number of nitrogens with zero attached hydrogens (tertiary/aromatic N) is 3. The highest BCUT2D eigenvalue weighted by Gasteiger charge is 2.36. The molecule has 1 saturated heterocycles. The summed E-state index contributed by atoms with van der Waals surface area (Å²) >= 11 is 0. The number of nitrogens with two attached hydrogens (primary N) is 1. The molecule has 2 N–H and O–H groups in total. The van der Waals surface area contributed by atoms with E-state index in [0.717, 1.165) is 40.8 Å². The van der Waals surface area contributed by atoms with Gasteiger partial charge in [-0.05, 0) is 49.1 Å². The standard InChI is InChI=1S/C25H32N4O2/c1-27-16-22(15-26)20-9-7-19(8-10-20)17-29-18-21-5-4-6-23(24(21)25(29)30)31-14-13-28-11-2-3-12-28/h4-5,7-10,15-16,23H,2-3,6,11-14,17-18,26H2,1H3.